The van der Waals surface area contributed by atoms with E-state index in [4.69, 9.17) is 0 Å². The Labute approximate surface area is 187 Å². The highest BCUT2D eigenvalue weighted by molar-refractivity contribution is 7.18. The van der Waals surface area contributed by atoms with Crippen LogP contribution < -0.4 is 10.6 Å². The van der Waals surface area contributed by atoms with Crippen LogP contribution >= 0.6 is 11.3 Å². The van der Waals surface area contributed by atoms with Crippen molar-refractivity contribution in [1.29, 1.82) is 0 Å². The molecule has 2 amide bonds. The smallest absolute Gasteiger partial charge is 0.249 e. The molecule has 31 heavy (non-hydrogen) atoms. The number of hydrogen-bond acceptors (Lipinski definition) is 5. The Kier molecular flexibility index (Phi) is 8.29. The van der Waals surface area contributed by atoms with Gasteiger partial charge in [-0.1, -0.05) is 85.2 Å². The van der Waals surface area contributed by atoms with E-state index >= 15 is 0 Å². The normalized spacial score (nSPS) is 11.7. The summed E-state index contributed by atoms with van der Waals surface area (Å²) >= 11 is 1.32. The van der Waals surface area contributed by atoms with Crippen molar-refractivity contribution in [3.63, 3.8) is 0 Å². The van der Waals surface area contributed by atoms with Gasteiger partial charge in [0.15, 0.2) is 0 Å². The van der Waals surface area contributed by atoms with Crippen molar-refractivity contribution in [3.8, 4) is 10.6 Å². The van der Waals surface area contributed by atoms with E-state index in [2.05, 4.69) is 27.8 Å². The summed E-state index contributed by atoms with van der Waals surface area (Å²) in [5, 5.41) is 15.2. The largest absolute Gasteiger partial charge is 0.344 e. The minimum absolute atomic E-state index is 0.109. The van der Waals surface area contributed by atoms with Crippen LogP contribution in [-0.4, -0.2) is 28.1 Å². The van der Waals surface area contributed by atoms with Gasteiger partial charge in [-0.15, -0.1) is 10.2 Å². The number of hydrogen-bond donors (Lipinski definition) is 2. The van der Waals surface area contributed by atoms with Gasteiger partial charge in [0, 0.05) is 18.4 Å². The molecule has 3 rings (SSSR count). The van der Waals surface area contributed by atoms with Crippen LogP contribution in [0.25, 0.3) is 10.6 Å². The number of nitrogens with one attached hydrogen (secondary N) is 2. The Hall–Kier alpha value is -3.06. The summed E-state index contributed by atoms with van der Waals surface area (Å²) < 4.78 is 0. The maximum absolute atomic E-state index is 13.0. The van der Waals surface area contributed by atoms with E-state index in [-0.39, 0.29) is 11.8 Å². The summed E-state index contributed by atoms with van der Waals surface area (Å²) in [6.07, 6.45) is 3.69. The number of nitrogens with zero attached hydrogens (tertiary/aromatic N) is 2. The summed E-state index contributed by atoms with van der Waals surface area (Å²) in [4.78, 5) is 25.4. The average Bonchev–Trinajstić information content (AvgIpc) is 3.23. The standard InChI is InChI=1S/C24H28N4O2S/c1-3-4-6-14-21(29)25-20(16-18-11-7-5-8-12-18)22(30)26-24-28-27-23(31-24)19-13-9-10-17(2)15-19/h5,7-13,15,20H,3-4,6,14,16H2,1-2H3,(H,25,29)(H,26,28,30)/t20-/m1/s1. The van der Waals surface area contributed by atoms with Crippen molar-refractivity contribution in [2.24, 2.45) is 0 Å². The minimum atomic E-state index is -0.678. The van der Waals surface area contributed by atoms with E-state index in [0.717, 1.165) is 41.0 Å². The molecule has 1 heterocycles. The lowest BCUT2D eigenvalue weighted by Crippen LogP contribution is -2.45. The molecule has 0 saturated carbocycles. The first kappa shape index (κ1) is 22.6. The Bertz CT molecular complexity index is 1000. The number of benzene rings is 2. The topological polar surface area (TPSA) is 84.0 Å². The molecule has 1 atom stereocenters. The van der Waals surface area contributed by atoms with Crippen LogP contribution in [-0.2, 0) is 16.0 Å². The zero-order valence-electron chi connectivity index (χ0n) is 17.9. The summed E-state index contributed by atoms with van der Waals surface area (Å²) in [6.45, 7) is 4.11. The van der Waals surface area contributed by atoms with E-state index < -0.39 is 6.04 Å². The van der Waals surface area contributed by atoms with Gasteiger partial charge in [-0.05, 0) is 25.0 Å². The second-order valence-electron chi connectivity index (χ2n) is 7.54. The summed E-state index contributed by atoms with van der Waals surface area (Å²) in [5.41, 5.74) is 3.07. The predicted octanol–water partition coefficient (Wildman–Crippen LogP) is 4.76. The second-order valence-corrected chi connectivity index (χ2v) is 8.52. The molecule has 1 aromatic heterocycles. The van der Waals surface area contributed by atoms with Crippen LogP contribution in [0.1, 0.15) is 43.7 Å². The number of rotatable bonds is 10. The van der Waals surface area contributed by atoms with Gasteiger partial charge in [-0.25, -0.2) is 0 Å². The molecular weight excluding hydrogens is 408 g/mol. The lowest BCUT2D eigenvalue weighted by Gasteiger charge is -2.18. The van der Waals surface area contributed by atoms with Crippen LogP contribution in [0, 0.1) is 6.92 Å². The SMILES string of the molecule is CCCCCC(=O)N[C@H](Cc1ccccc1)C(=O)Nc1nnc(-c2cccc(C)c2)s1. The van der Waals surface area contributed by atoms with Gasteiger partial charge in [0.25, 0.3) is 0 Å². The highest BCUT2D eigenvalue weighted by atomic mass is 32.1. The highest BCUT2D eigenvalue weighted by Crippen LogP contribution is 2.27. The number of aryl methyl sites for hydroxylation is 1. The number of anilines is 1. The number of unbranched alkanes of at least 4 members (excludes halogenated alkanes) is 2. The van der Waals surface area contributed by atoms with Crippen molar-refractivity contribution in [3.05, 3.63) is 65.7 Å². The van der Waals surface area contributed by atoms with Crippen LogP contribution in [0.5, 0.6) is 0 Å². The summed E-state index contributed by atoms with van der Waals surface area (Å²) in [5.74, 6) is -0.401. The summed E-state index contributed by atoms with van der Waals surface area (Å²) in [7, 11) is 0. The first-order valence-electron chi connectivity index (χ1n) is 10.6. The fourth-order valence-electron chi connectivity index (χ4n) is 3.22. The number of amides is 2. The van der Waals surface area contributed by atoms with Crippen LogP contribution in [0.2, 0.25) is 0 Å². The van der Waals surface area contributed by atoms with E-state index in [9.17, 15) is 9.59 Å². The van der Waals surface area contributed by atoms with Gasteiger partial charge in [0.05, 0.1) is 0 Å². The molecule has 2 N–H and O–H groups in total. The zero-order chi connectivity index (χ0) is 22.1. The Morgan fingerprint density at radius 3 is 2.58 bits per heavy atom. The molecule has 0 fully saturated rings. The first-order chi connectivity index (χ1) is 15.0. The third kappa shape index (κ3) is 7.00. The quantitative estimate of drug-likeness (QED) is 0.449. The fraction of sp³-hybridized carbons (Fsp3) is 0.333. The maximum Gasteiger partial charge on any atom is 0.249 e. The van der Waals surface area contributed by atoms with E-state index in [0.29, 0.717) is 18.0 Å². The van der Waals surface area contributed by atoms with Crippen LogP contribution in [0.4, 0.5) is 5.13 Å². The molecule has 0 aliphatic heterocycles. The molecule has 162 valence electrons. The molecule has 3 aromatic rings. The minimum Gasteiger partial charge on any atom is -0.344 e. The van der Waals surface area contributed by atoms with Gasteiger partial charge in [-0.3, -0.25) is 14.9 Å². The predicted molar refractivity (Wildman–Crippen MR) is 125 cm³/mol. The Morgan fingerprint density at radius 1 is 1.03 bits per heavy atom. The van der Waals surface area contributed by atoms with Crippen LogP contribution in [0.3, 0.4) is 0 Å². The maximum atomic E-state index is 13.0. The summed E-state index contributed by atoms with van der Waals surface area (Å²) in [6, 6.07) is 17.0. The second kappa shape index (κ2) is 11.4. The lowest BCUT2D eigenvalue weighted by molar-refractivity contribution is -0.126. The molecule has 7 heteroatoms. The van der Waals surface area contributed by atoms with Crippen LogP contribution in [0.15, 0.2) is 54.6 Å². The van der Waals surface area contributed by atoms with Crippen molar-refractivity contribution < 1.29 is 9.59 Å². The molecule has 0 aliphatic rings. The molecule has 0 bridgehead atoms. The van der Waals surface area contributed by atoms with Gasteiger partial charge in [0.1, 0.15) is 11.0 Å². The molecule has 0 saturated heterocycles. The third-order valence-electron chi connectivity index (χ3n) is 4.86. The van der Waals surface area contributed by atoms with E-state index in [1.54, 1.807) is 0 Å². The number of carbonyl (C=O) groups is 2. The Morgan fingerprint density at radius 2 is 1.84 bits per heavy atom. The van der Waals surface area contributed by atoms with Crippen molar-refractivity contribution in [2.45, 2.75) is 52.0 Å². The molecule has 0 spiro atoms. The van der Waals surface area contributed by atoms with Gasteiger partial charge in [-0.2, -0.15) is 0 Å². The first-order valence-corrected chi connectivity index (χ1v) is 11.4. The van der Waals surface area contributed by atoms with Crippen molar-refractivity contribution in [1.82, 2.24) is 15.5 Å². The average molecular weight is 437 g/mol. The molecule has 0 unspecified atom stereocenters. The number of aromatic nitrogens is 2. The lowest BCUT2D eigenvalue weighted by atomic mass is 10.0. The molecule has 0 aliphatic carbocycles. The third-order valence-corrected chi connectivity index (χ3v) is 5.75. The number of carbonyl (C=O) groups excluding carboxylic acids is 2. The van der Waals surface area contributed by atoms with Crippen molar-refractivity contribution >= 4 is 28.3 Å². The van der Waals surface area contributed by atoms with Crippen molar-refractivity contribution in [2.75, 3.05) is 5.32 Å². The molecular formula is C24H28N4O2S. The van der Waals surface area contributed by atoms with Gasteiger partial charge in [0.2, 0.25) is 16.9 Å². The Balaban J connectivity index is 1.69. The monoisotopic (exact) mass is 436 g/mol. The molecule has 0 radical (unpaired) electrons. The molecule has 2 aromatic carbocycles. The van der Waals surface area contributed by atoms with Gasteiger partial charge >= 0.3 is 0 Å². The van der Waals surface area contributed by atoms with E-state index in [1.807, 2.05) is 61.5 Å². The highest BCUT2D eigenvalue weighted by Gasteiger charge is 2.22. The zero-order valence-corrected chi connectivity index (χ0v) is 18.7. The molecule has 6 nitrogen and oxygen atoms in total. The van der Waals surface area contributed by atoms with Gasteiger partial charge < -0.3 is 5.32 Å². The van der Waals surface area contributed by atoms with E-state index in [1.165, 1.54) is 11.3 Å². The fourth-order valence-corrected chi connectivity index (χ4v) is 3.97.